The zero-order chi connectivity index (χ0) is 10.8. The van der Waals surface area contributed by atoms with Crippen LogP contribution in [0.2, 0.25) is 5.15 Å². The van der Waals surface area contributed by atoms with Crippen molar-refractivity contribution < 1.29 is 0 Å². The third kappa shape index (κ3) is 2.21. The largest absolute Gasteiger partial charge is 0.352 e. The Kier molecular flexibility index (Phi) is 3.07. The minimum absolute atomic E-state index is 0.514. The molecule has 0 bridgehead atoms. The van der Waals surface area contributed by atoms with Gasteiger partial charge in [0.2, 0.25) is 0 Å². The summed E-state index contributed by atoms with van der Waals surface area (Å²) in [6, 6.07) is 0. The molecule has 0 radical (unpaired) electrons. The van der Waals surface area contributed by atoms with Crippen LogP contribution in [-0.4, -0.2) is 36.1 Å². The fraction of sp³-hybridized carbons (Fsp3) is 0.600. The van der Waals surface area contributed by atoms with Crippen molar-refractivity contribution in [2.75, 3.05) is 31.1 Å². The van der Waals surface area contributed by atoms with Crippen molar-refractivity contribution in [3.8, 4) is 0 Å². The van der Waals surface area contributed by atoms with Crippen LogP contribution in [0.25, 0.3) is 0 Å². The fourth-order valence-corrected chi connectivity index (χ4v) is 1.93. The summed E-state index contributed by atoms with van der Waals surface area (Å²) >= 11 is 6.10. The molecule has 5 heteroatoms. The van der Waals surface area contributed by atoms with Crippen molar-refractivity contribution >= 4 is 17.4 Å². The van der Waals surface area contributed by atoms with Gasteiger partial charge in [-0.25, -0.2) is 9.97 Å². The van der Waals surface area contributed by atoms with Gasteiger partial charge in [-0.1, -0.05) is 11.6 Å². The maximum absolute atomic E-state index is 6.10. The van der Waals surface area contributed by atoms with E-state index in [9.17, 15) is 0 Å². The highest BCUT2D eigenvalue weighted by molar-refractivity contribution is 6.31. The van der Waals surface area contributed by atoms with Gasteiger partial charge < -0.3 is 10.2 Å². The van der Waals surface area contributed by atoms with Crippen molar-refractivity contribution in [2.24, 2.45) is 0 Å². The second kappa shape index (κ2) is 4.33. The van der Waals surface area contributed by atoms with Crippen LogP contribution < -0.4 is 10.2 Å². The van der Waals surface area contributed by atoms with E-state index in [-0.39, 0.29) is 0 Å². The molecule has 1 N–H and O–H groups in total. The summed E-state index contributed by atoms with van der Waals surface area (Å²) in [7, 11) is 0. The molecule has 0 saturated carbocycles. The summed E-state index contributed by atoms with van der Waals surface area (Å²) in [5.41, 5.74) is 1.85. The first-order valence-electron chi connectivity index (χ1n) is 5.15. The molecule has 1 aromatic rings. The normalized spacial score (nSPS) is 16.9. The monoisotopic (exact) mass is 226 g/mol. The highest BCUT2D eigenvalue weighted by Crippen LogP contribution is 2.22. The number of anilines is 1. The number of hydrogen-bond donors (Lipinski definition) is 1. The highest BCUT2D eigenvalue weighted by atomic mass is 35.5. The lowest BCUT2D eigenvalue weighted by Crippen LogP contribution is -2.44. The van der Waals surface area contributed by atoms with Gasteiger partial charge in [0.05, 0.1) is 11.4 Å². The van der Waals surface area contributed by atoms with Gasteiger partial charge in [-0.05, 0) is 13.8 Å². The van der Waals surface area contributed by atoms with Gasteiger partial charge >= 0.3 is 0 Å². The topological polar surface area (TPSA) is 41.1 Å². The van der Waals surface area contributed by atoms with Gasteiger partial charge in [-0.3, -0.25) is 0 Å². The standard InChI is InChI=1S/C10H15ClN4/c1-7-8(2)14-10(9(11)13-7)15-5-3-12-4-6-15/h12H,3-6H2,1-2H3. The number of hydrogen-bond acceptors (Lipinski definition) is 4. The number of rotatable bonds is 1. The maximum atomic E-state index is 6.10. The smallest absolute Gasteiger partial charge is 0.171 e. The number of piperazine rings is 1. The van der Waals surface area contributed by atoms with Crippen LogP contribution in [0.15, 0.2) is 0 Å². The second-order valence-electron chi connectivity index (χ2n) is 3.75. The molecular weight excluding hydrogens is 212 g/mol. The van der Waals surface area contributed by atoms with Crippen LogP contribution >= 0.6 is 11.6 Å². The van der Waals surface area contributed by atoms with Crippen LogP contribution in [0.5, 0.6) is 0 Å². The van der Waals surface area contributed by atoms with Crippen LogP contribution in [0.3, 0.4) is 0 Å². The Balaban J connectivity index is 2.30. The first-order valence-corrected chi connectivity index (χ1v) is 5.52. The molecule has 0 unspecified atom stereocenters. The fourth-order valence-electron chi connectivity index (χ4n) is 1.64. The van der Waals surface area contributed by atoms with Gasteiger partial charge in [0.1, 0.15) is 0 Å². The summed E-state index contributed by atoms with van der Waals surface area (Å²) in [6.07, 6.45) is 0. The van der Waals surface area contributed by atoms with Crippen LogP contribution in [-0.2, 0) is 0 Å². The van der Waals surface area contributed by atoms with Gasteiger partial charge in [0, 0.05) is 26.2 Å². The minimum atomic E-state index is 0.514. The Morgan fingerprint density at radius 2 is 1.73 bits per heavy atom. The quantitative estimate of drug-likeness (QED) is 0.780. The van der Waals surface area contributed by atoms with Gasteiger partial charge in [0.25, 0.3) is 0 Å². The van der Waals surface area contributed by atoms with Crippen molar-refractivity contribution in [3.05, 3.63) is 16.5 Å². The molecule has 1 fully saturated rings. The molecule has 2 rings (SSSR count). The first-order chi connectivity index (χ1) is 7.18. The van der Waals surface area contributed by atoms with E-state index in [1.165, 1.54) is 0 Å². The number of nitrogens with one attached hydrogen (secondary N) is 1. The molecule has 0 spiro atoms. The molecule has 1 aliphatic heterocycles. The van der Waals surface area contributed by atoms with E-state index >= 15 is 0 Å². The van der Waals surface area contributed by atoms with Crippen LogP contribution in [0, 0.1) is 13.8 Å². The van der Waals surface area contributed by atoms with Crippen LogP contribution in [0.4, 0.5) is 5.82 Å². The Morgan fingerprint density at radius 3 is 2.40 bits per heavy atom. The van der Waals surface area contributed by atoms with E-state index in [1.54, 1.807) is 0 Å². The van der Waals surface area contributed by atoms with E-state index in [1.807, 2.05) is 13.8 Å². The van der Waals surface area contributed by atoms with E-state index in [4.69, 9.17) is 11.6 Å². The lowest BCUT2D eigenvalue weighted by Gasteiger charge is -2.29. The van der Waals surface area contributed by atoms with Crippen LogP contribution in [0.1, 0.15) is 11.4 Å². The minimum Gasteiger partial charge on any atom is -0.352 e. The third-order valence-electron chi connectivity index (χ3n) is 2.66. The molecular formula is C10H15ClN4. The van der Waals surface area contributed by atoms with E-state index in [0.29, 0.717) is 5.15 Å². The maximum Gasteiger partial charge on any atom is 0.171 e. The number of halogens is 1. The van der Waals surface area contributed by atoms with Crippen molar-refractivity contribution in [3.63, 3.8) is 0 Å². The predicted molar refractivity (Wildman–Crippen MR) is 61.6 cm³/mol. The molecule has 0 aliphatic carbocycles. The van der Waals surface area contributed by atoms with E-state index in [0.717, 1.165) is 43.4 Å². The summed E-state index contributed by atoms with van der Waals surface area (Å²) in [5.74, 6) is 0.821. The lowest BCUT2D eigenvalue weighted by atomic mass is 10.3. The zero-order valence-electron chi connectivity index (χ0n) is 9.05. The Hall–Kier alpha value is -0.870. The Morgan fingerprint density at radius 1 is 1.13 bits per heavy atom. The molecule has 82 valence electrons. The second-order valence-corrected chi connectivity index (χ2v) is 4.10. The molecule has 1 aromatic heterocycles. The molecule has 0 amide bonds. The van der Waals surface area contributed by atoms with Crippen molar-refractivity contribution in [2.45, 2.75) is 13.8 Å². The Labute approximate surface area is 94.7 Å². The molecule has 15 heavy (non-hydrogen) atoms. The average Bonchev–Trinajstić information content (AvgIpc) is 2.25. The highest BCUT2D eigenvalue weighted by Gasteiger charge is 2.16. The lowest BCUT2D eigenvalue weighted by molar-refractivity contribution is 0.583. The third-order valence-corrected chi connectivity index (χ3v) is 2.92. The summed E-state index contributed by atoms with van der Waals surface area (Å²) in [5, 5.41) is 3.81. The van der Waals surface area contributed by atoms with E-state index < -0.39 is 0 Å². The zero-order valence-corrected chi connectivity index (χ0v) is 9.80. The van der Waals surface area contributed by atoms with Crippen molar-refractivity contribution in [1.82, 2.24) is 15.3 Å². The molecule has 0 aromatic carbocycles. The van der Waals surface area contributed by atoms with Gasteiger partial charge in [-0.15, -0.1) is 0 Å². The van der Waals surface area contributed by atoms with Gasteiger partial charge in [0.15, 0.2) is 11.0 Å². The number of nitrogens with zero attached hydrogens (tertiary/aromatic N) is 3. The molecule has 1 saturated heterocycles. The summed E-state index contributed by atoms with van der Waals surface area (Å²) in [4.78, 5) is 11.0. The molecule has 1 aliphatic rings. The summed E-state index contributed by atoms with van der Waals surface area (Å²) in [6.45, 7) is 7.73. The SMILES string of the molecule is Cc1nc(Cl)c(N2CCNCC2)nc1C. The molecule has 2 heterocycles. The number of aromatic nitrogens is 2. The average molecular weight is 227 g/mol. The Bertz CT molecular complexity index is 361. The predicted octanol–water partition coefficient (Wildman–Crippen LogP) is 1.16. The summed E-state index contributed by atoms with van der Waals surface area (Å²) < 4.78 is 0. The molecule has 4 nitrogen and oxygen atoms in total. The van der Waals surface area contributed by atoms with E-state index in [2.05, 4.69) is 20.2 Å². The molecule has 0 atom stereocenters. The van der Waals surface area contributed by atoms with Crippen molar-refractivity contribution in [1.29, 1.82) is 0 Å². The first kappa shape index (κ1) is 10.6. The number of aryl methyl sites for hydroxylation is 2. The van der Waals surface area contributed by atoms with Gasteiger partial charge in [-0.2, -0.15) is 0 Å².